The molecule has 0 aliphatic carbocycles. The second kappa shape index (κ2) is 5.92. The molecule has 1 aromatic rings. The molecule has 1 heterocycles. The van der Waals surface area contributed by atoms with Crippen molar-refractivity contribution in [2.45, 2.75) is 25.5 Å². The summed E-state index contributed by atoms with van der Waals surface area (Å²) in [5.74, 6) is -0.769. The number of benzene rings is 1. The van der Waals surface area contributed by atoms with Crippen molar-refractivity contribution in [2.75, 3.05) is 13.7 Å². The van der Waals surface area contributed by atoms with E-state index in [1.807, 2.05) is 6.92 Å². The van der Waals surface area contributed by atoms with E-state index < -0.39 is 18.1 Å². The lowest BCUT2D eigenvalue weighted by Crippen LogP contribution is -2.44. The minimum atomic E-state index is -1.06. The zero-order valence-corrected chi connectivity index (χ0v) is 11.4. The van der Waals surface area contributed by atoms with Gasteiger partial charge in [-0.25, -0.2) is 4.79 Å². The first-order valence-electron chi connectivity index (χ1n) is 6.33. The SMILES string of the molecule is COc1cc(C(=O)N[C@@H]2CCO[C@@H]2C(=O)O)ccc1C. The third-order valence-electron chi connectivity index (χ3n) is 3.32. The summed E-state index contributed by atoms with van der Waals surface area (Å²) in [5, 5.41) is 11.7. The zero-order chi connectivity index (χ0) is 14.7. The predicted octanol–water partition coefficient (Wildman–Crippen LogP) is 0.976. The number of nitrogens with one attached hydrogen (secondary N) is 1. The highest BCUT2D eigenvalue weighted by Crippen LogP contribution is 2.20. The van der Waals surface area contributed by atoms with E-state index in [0.29, 0.717) is 24.3 Å². The third-order valence-corrected chi connectivity index (χ3v) is 3.32. The summed E-state index contributed by atoms with van der Waals surface area (Å²) >= 11 is 0. The van der Waals surface area contributed by atoms with Crippen LogP contribution in [-0.4, -0.2) is 42.8 Å². The molecule has 0 unspecified atom stereocenters. The molecule has 20 heavy (non-hydrogen) atoms. The summed E-state index contributed by atoms with van der Waals surface area (Å²) in [7, 11) is 1.54. The van der Waals surface area contributed by atoms with E-state index >= 15 is 0 Å². The Bertz CT molecular complexity index is 528. The van der Waals surface area contributed by atoms with Crippen LogP contribution in [0.15, 0.2) is 18.2 Å². The van der Waals surface area contributed by atoms with E-state index in [0.717, 1.165) is 5.56 Å². The average molecular weight is 279 g/mol. The number of carbonyl (C=O) groups is 2. The minimum absolute atomic E-state index is 0.329. The first-order chi connectivity index (χ1) is 9.52. The number of methoxy groups -OCH3 is 1. The highest BCUT2D eigenvalue weighted by molar-refractivity contribution is 5.95. The van der Waals surface area contributed by atoms with Crippen LogP contribution in [0.25, 0.3) is 0 Å². The molecule has 0 bridgehead atoms. The Morgan fingerprint density at radius 1 is 1.45 bits per heavy atom. The smallest absolute Gasteiger partial charge is 0.334 e. The first-order valence-corrected chi connectivity index (χ1v) is 6.33. The van der Waals surface area contributed by atoms with Crippen molar-refractivity contribution >= 4 is 11.9 Å². The van der Waals surface area contributed by atoms with Gasteiger partial charge in [0, 0.05) is 12.2 Å². The molecule has 6 nitrogen and oxygen atoms in total. The second-order valence-electron chi connectivity index (χ2n) is 4.68. The molecular formula is C14H17NO5. The van der Waals surface area contributed by atoms with Crippen molar-refractivity contribution in [3.8, 4) is 5.75 Å². The Morgan fingerprint density at radius 3 is 2.85 bits per heavy atom. The van der Waals surface area contributed by atoms with Crippen LogP contribution in [0.1, 0.15) is 22.3 Å². The molecule has 2 atom stereocenters. The average Bonchev–Trinajstić information content (AvgIpc) is 2.87. The molecule has 1 aliphatic heterocycles. The van der Waals surface area contributed by atoms with Crippen molar-refractivity contribution < 1.29 is 24.2 Å². The lowest BCUT2D eigenvalue weighted by atomic mass is 10.1. The van der Waals surface area contributed by atoms with Gasteiger partial charge in [-0.15, -0.1) is 0 Å². The van der Waals surface area contributed by atoms with Gasteiger partial charge in [-0.05, 0) is 31.0 Å². The number of aliphatic carboxylic acids is 1. The summed E-state index contributed by atoms with van der Waals surface area (Å²) in [4.78, 5) is 23.1. The molecule has 2 rings (SSSR count). The highest BCUT2D eigenvalue weighted by atomic mass is 16.5. The van der Waals surface area contributed by atoms with E-state index in [9.17, 15) is 9.59 Å². The van der Waals surface area contributed by atoms with Crippen molar-refractivity contribution in [3.05, 3.63) is 29.3 Å². The Morgan fingerprint density at radius 2 is 2.20 bits per heavy atom. The summed E-state index contributed by atoms with van der Waals surface area (Å²) in [6.45, 7) is 2.21. The van der Waals surface area contributed by atoms with Gasteiger partial charge in [0.25, 0.3) is 5.91 Å². The highest BCUT2D eigenvalue weighted by Gasteiger charge is 2.35. The Hall–Kier alpha value is -2.08. The number of carboxylic acids is 1. The maximum atomic E-state index is 12.1. The predicted molar refractivity (Wildman–Crippen MR) is 71.0 cm³/mol. The van der Waals surface area contributed by atoms with Gasteiger partial charge in [0.15, 0.2) is 6.10 Å². The van der Waals surface area contributed by atoms with E-state index in [-0.39, 0.29) is 5.91 Å². The van der Waals surface area contributed by atoms with Crippen LogP contribution >= 0.6 is 0 Å². The Labute approximate surface area is 116 Å². The van der Waals surface area contributed by atoms with Crippen molar-refractivity contribution in [2.24, 2.45) is 0 Å². The fraction of sp³-hybridized carbons (Fsp3) is 0.429. The zero-order valence-electron chi connectivity index (χ0n) is 11.4. The third kappa shape index (κ3) is 2.91. The largest absolute Gasteiger partial charge is 0.496 e. The molecule has 1 fully saturated rings. The Balaban J connectivity index is 2.10. The summed E-state index contributed by atoms with van der Waals surface area (Å²) in [6, 6.07) is 4.59. The molecule has 1 saturated heterocycles. The fourth-order valence-corrected chi connectivity index (χ4v) is 2.19. The van der Waals surface area contributed by atoms with Crippen molar-refractivity contribution in [1.29, 1.82) is 0 Å². The molecule has 6 heteroatoms. The van der Waals surface area contributed by atoms with Crippen LogP contribution in [0.5, 0.6) is 5.75 Å². The first kappa shape index (κ1) is 14.3. The fourth-order valence-electron chi connectivity index (χ4n) is 2.19. The van der Waals surface area contributed by atoms with Crippen LogP contribution in [0, 0.1) is 6.92 Å². The number of amides is 1. The maximum absolute atomic E-state index is 12.1. The topological polar surface area (TPSA) is 84.9 Å². The molecule has 0 spiro atoms. The van der Waals surface area contributed by atoms with Crippen LogP contribution in [0.4, 0.5) is 0 Å². The maximum Gasteiger partial charge on any atom is 0.334 e. The van der Waals surface area contributed by atoms with Gasteiger partial charge in [-0.1, -0.05) is 6.07 Å². The summed E-state index contributed by atoms with van der Waals surface area (Å²) in [6.07, 6.45) is -0.489. The van der Waals surface area contributed by atoms with Gasteiger partial charge in [-0.2, -0.15) is 0 Å². The molecule has 2 N–H and O–H groups in total. The van der Waals surface area contributed by atoms with Crippen molar-refractivity contribution in [3.63, 3.8) is 0 Å². The van der Waals surface area contributed by atoms with Crippen LogP contribution in [0.2, 0.25) is 0 Å². The number of hydrogen-bond donors (Lipinski definition) is 2. The van der Waals surface area contributed by atoms with Crippen molar-refractivity contribution in [1.82, 2.24) is 5.32 Å². The quantitative estimate of drug-likeness (QED) is 0.858. The molecule has 1 amide bonds. The van der Waals surface area contributed by atoms with Gasteiger partial charge in [-0.3, -0.25) is 4.79 Å². The number of rotatable bonds is 4. The minimum Gasteiger partial charge on any atom is -0.496 e. The van der Waals surface area contributed by atoms with E-state index in [2.05, 4.69) is 5.32 Å². The number of ether oxygens (including phenoxy) is 2. The van der Waals surface area contributed by atoms with Crippen LogP contribution in [0.3, 0.4) is 0 Å². The van der Waals surface area contributed by atoms with E-state index in [1.165, 1.54) is 7.11 Å². The van der Waals surface area contributed by atoms with Gasteiger partial charge < -0.3 is 19.9 Å². The molecule has 0 aromatic heterocycles. The second-order valence-corrected chi connectivity index (χ2v) is 4.68. The van der Waals surface area contributed by atoms with Gasteiger partial charge in [0.2, 0.25) is 0 Å². The molecule has 1 aliphatic rings. The van der Waals surface area contributed by atoms with Crippen LogP contribution in [-0.2, 0) is 9.53 Å². The van der Waals surface area contributed by atoms with Gasteiger partial charge in [0.1, 0.15) is 5.75 Å². The molecule has 1 aromatic carbocycles. The number of aryl methyl sites for hydroxylation is 1. The standard InChI is InChI=1S/C14H17NO5/c1-8-3-4-9(7-11(8)19-2)13(16)15-10-5-6-20-12(10)14(17)18/h3-4,7,10,12H,5-6H2,1-2H3,(H,15,16)(H,17,18)/t10-,12+/m1/s1. The van der Waals surface area contributed by atoms with E-state index in [4.69, 9.17) is 14.6 Å². The normalized spacial score (nSPS) is 21.5. The molecule has 108 valence electrons. The van der Waals surface area contributed by atoms with Crippen LogP contribution < -0.4 is 10.1 Å². The molecule has 0 radical (unpaired) electrons. The number of carbonyl (C=O) groups excluding carboxylic acids is 1. The number of carboxylic acid groups (broad SMARTS) is 1. The monoisotopic (exact) mass is 279 g/mol. The molecular weight excluding hydrogens is 262 g/mol. The van der Waals surface area contributed by atoms with E-state index in [1.54, 1.807) is 18.2 Å². The Kier molecular flexibility index (Phi) is 4.24. The number of hydrogen-bond acceptors (Lipinski definition) is 4. The lowest BCUT2D eigenvalue weighted by Gasteiger charge is -2.16. The summed E-state index contributed by atoms with van der Waals surface area (Å²) in [5.41, 5.74) is 1.36. The lowest BCUT2D eigenvalue weighted by molar-refractivity contribution is -0.148. The van der Waals surface area contributed by atoms with Gasteiger partial charge in [0.05, 0.1) is 13.2 Å². The summed E-state index contributed by atoms with van der Waals surface area (Å²) < 4.78 is 10.3. The molecule has 0 saturated carbocycles. The van der Waals surface area contributed by atoms with Gasteiger partial charge >= 0.3 is 5.97 Å².